The Morgan fingerprint density at radius 3 is 2.73 bits per heavy atom. The van der Waals surface area contributed by atoms with Crippen LogP contribution >= 0.6 is 0 Å². The van der Waals surface area contributed by atoms with Crippen LogP contribution in [0.2, 0.25) is 0 Å². The molecule has 2 unspecified atom stereocenters. The summed E-state index contributed by atoms with van der Waals surface area (Å²) >= 11 is 0. The summed E-state index contributed by atoms with van der Waals surface area (Å²) in [5.41, 5.74) is 3.20. The second kappa shape index (κ2) is 7.63. The molecule has 1 heterocycles. The van der Waals surface area contributed by atoms with Gasteiger partial charge in [0.15, 0.2) is 0 Å². The van der Waals surface area contributed by atoms with E-state index in [1.165, 1.54) is 6.42 Å². The lowest BCUT2D eigenvalue weighted by atomic mass is 9.92. The normalized spacial score (nSPS) is 21.6. The number of ether oxygens (including phenoxy) is 1. The largest absolute Gasteiger partial charge is 0.379 e. The molecule has 6 heteroatoms. The summed E-state index contributed by atoms with van der Waals surface area (Å²) in [5.74, 6) is 0. The van der Waals surface area contributed by atoms with Gasteiger partial charge in [0.25, 0.3) is 0 Å². The van der Waals surface area contributed by atoms with Crippen LogP contribution in [-0.4, -0.2) is 35.1 Å². The van der Waals surface area contributed by atoms with Gasteiger partial charge >= 0.3 is 6.03 Å². The van der Waals surface area contributed by atoms with Crippen molar-refractivity contribution in [2.24, 2.45) is 0 Å². The summed E-state index contributed by atoms with van der Waals surface area (Å²) < 4.78 is 7.43. The number of carbonyl (C=O) groups is 1. The highest BCUT2D eigenvalue weighted by molar-refractivity contribution is 5.74. The van der Waals surface area contributed by atoms with Gasteiger partial charge in [0.05, 0.1) is 17.8 Å². The molecule has 1 aromatic heterocycles. The van der Waals surface area contributed by atoms with Crippen molar-refractivity contribution in [3.05, 3.63) is 17.0 Å². The number of aryl methyl sites for hydroxylation is 2. The lowest BCUT2D eigenvalue weighted by Crippen LogP contribution is -2.49. The van der Waals surface area contributed by atoms with Crippen LogP contribution in [0.25, 0.3) is 0 Å². The van der Waals surface area contributed by atoms with Gasteiger partial charge in [-0.1, -0.05) is 12.8 Å². The third-order valence-electron chi connectivity index (χ3n) is 4.58. The molecule has 22 heavy (non-hydrogen) atoms. The van der Waals surface area contributed by atoms with E-state index in [4.69, 9.17) is 4.74 Å². The van der Waals surface area contributed by atoms with Crippen molar-refractivity contribution in [2.45, 2.75) is 71.7 Å². The Morgan fingerprint density at radius 1 is 1.36 bits per heavy atom. The topological polar surface area (TPSA) is 68.2 Å². The minimum Gasteiger partial charge on any atom is -0.379 e. The van der Waals surface area contributed by atoms with Crippen LogP contribution in [-0.2, 0) is 17.8 Å². The Morgan fingerprint density at radius 2 is 2.09 bits per heavy atom. The van der Waals surface area contributed by atoms with Gasteiger partial charge in [-0.3, -0.25) is 4.68 Å². The minimum absolute atomic E-state index is 0.110. The quantitative estimate of drug-likeness (QED) is 0.877. The average molecular weight is 308 g/mol. The molecule has 0 spiro atoms. The first-order valence-corrected chi connectivity index (χ1v) is 8.16. The van der Waals surface area contributed by atoms with Gasteiger partial charge in [-0.25, -0.2) is 4.79 Å². The molecule has 0 radical (unpaired) electrons. The van der Waals surface area contributed by atoms with Gasteiger partial charge in [-0.2, -0.15) is 5.10 Å². The zero-order chi connectivity index (χ0) is 16.1. The average Bonchev–Trinajstić information content (AvgIpc) is 2.80. The molecule has 2 amide bonds. The predicted octanol–water partition coefficient (Wildman–Crippen LogP) is 2.28. The Labute approximate surface area is 132 Å². The van der Waals surface area contributed by atoms with E-state index in [2.05, 4.69) is 22.7 Å². The van der Waals surface area contributed by atoms with Crippen molar-refractivity contribution < 1.29 is 9.53 Å². The fourth-order valence-corrected chi connectivity index (χ4v) is 3.23. The Kier molecular flexibility index (Phi) is 5.83. The van der Waals surface area contributed by atoms with Gasteiger partial charge in [-0.05, 0) is 33.6 Å². The maximum absolute atomic E-state index is 12.1. The molecule has 1 aliphatic carbocycles. The van der Waals surface area contributed by atoms with E-state index < -0.39 is 0 Å². The Hall–Kier alpha value is -1.56. The molecule has 0 aliphatic heterocycles. The van der Waals surface area contributed by atoms with Crippen molar-refractivity contribution in [1.82, 2.24) is 20.4 Å². The van der Waals surface area contributed by atoms with Crippen LogP contribution < -0.4 is 10.6 Å². The second-order valence-corrected chi connectivity index (χ2v) is 5.96. The van der Waals surface area contributed by atoms with E-state index in [9.17, 15) is 4.79 Å². The summed E-state index contributed by atoms with van der Waals surface area (Å²) in [7, 11) is 1.72. The van der Waals surface area contributed by atoms with Crippen LogP contribution in [0.4, 0.5) is 4.79 Å². The molecule has 1 aromatic rings. The van der Waals surface area contributed by atoms with E-state index in [-0.39, 0.29) is 18.2 Å². The van der Waals surface area contributed by atoms with Crippen molar-refractivity contribution in [3.8, 4) is 0 Å². The molecular weight excluding hydrogens is 280 g/mol. The van der Waals surface area contributed by atoms with Crippen LogP contribution in [0.1, 0.15) is 49.6 Å². The fourth-order valence-electron chi connectivity index (χ4n) is 3.23. The van der Waals surface area contributed by atoms with Crippen LogP contribution in [0, 0.1) is 13.8 Å². The number of nitrogens with one attached hydrogen (secondary N) is 2. The number of hydrogen-bond donors (Lipinski definition) is 2. The lowest BCUT2D eigenvalue weighted by Gasteiger charge is -2.31. The maximum atomic E-state index is 12.1. The van der Waals surface area contributed by atoms with Gasteiger partial charge < -0.3 is 15.4 Å². The molecular formula is C16H28N4O2. The predicted molar refractivity (Wildman–Crippen MR) is 85.8 cm³/mol. The van der Waals surface area contributed by atoms with E-state index >= 15 is 0 Å². The number of aromatic nitrogens is 2. The number of hydrogen-bond acceptors (Lipinski definition) is 3. The number of carbonyl (C=O) groups excluding carboxylic acids is 1. The zero-order valence-electron chi connectivity index (χ0n) is 14.1. The highest BCUT2D eigenvalue weighted by Gasteiger charge is 2.26. The third-order valence-corrected chi connectivity index (χ3v) is 4.58. The molecule has 0 bridgehead atoms. The van der Waals surface area contributed by atoms with Crippen molar-refractivity contribution in [3.63, 3.8) is 0 Å². The molecule has 1 aliphatic rings. The van der Waals surface area contributed by atoms with Gasteiger partial charge in [0, 0.05) is 31.5 Å². The fraction of sp³-hybridized carbons (Fsp3) is 0.750. The van der Waals surface area contributed by atoms with Gasteiger partial charge in [-0.15, -0.1) is 0 Å². The molecule has 0 aromatic carbocycles. The first-order chi connectivity index (χ1) is 10.6. The summed E-state index contributed by atoms with van der Waals surface area (Å²) in [5, 5.41) is 10.5. The van der Waals surface area contributed by atoms with Crippen molar-refractivity contribution >= 4 is 6.03 Å². The van der Waals surface area contributed by atoms with Crippen LogP contribution in [0.5, 0.6) is 0 Å². The maximum Gasteiger partial charge on any atom is 0.315 e. The van der Waals surface area contributed by atoms with Crippen molar-refractivity contribution in [1.29, 1.82) is 0 Å². The molecule has 2 atom stereocenters. The summed E-state index contributed by atoms with van der Waals surface area (Å²) in [4.78, 5) is 12.1. The third kappa shape index (κ3) is 3.80. The van der Waals surface area contributed by atoms with E-state index in [1.54, 1.807) is 7.11 Å². The standard InChI is InChI=1S/C16H28N4O2/c1-5-20-12(3)13(11(2)19-20)10-17-16(21)18-14-8-6-7-9-15(14)22-4/h14-15H,5-10H2,1-4H3,(H2,17,18,21). The molecule has 1 fully saturated rings. The second-order valence-electron chi connectivity index (χ2n) is 5.96. The summed E-state index contributed by atoms with van der Waals surface area (Å²) in [6.45, 7) is 7.44. The smallest absolute Gasteiger partial charge is 0.315 e. The SMILES string of the molecule is CCn1nc(C)c(CNC(=O)NC2CCCCC2OC)c1C. The number of urea groups is 1. The zero-order valence-corrected chi connectivity index (χ0v) is 14.1. The molecule has 2 N–H and O–H groups in total. The number of amides is 2. The monoisotopic (exact) mass is 308 g/mol. The molecule has 2 rings (SSSR count). The van der Waals surface area contributed by atoms with E-state index in [0.29, 0.717) is 6.54 Å². The molecule has 6 nitrogen and oxygen atoms in total. The summed E-state index contributed by atoms with van der Waals surface area (Å²) in [6, 6.07) is -0.0173. The summed E-state index contributed by atoms with van der Waals surface area (Å²) in [6.07, 6.45) is 4.45. The molecule has 0 saturated heterocycles. The first kappa shape index (κ1) is 16.8. The molecule has 1 saturated carbocycles. The number of methoxy groups -OCH3 is 1. The highest BCUT2D eigenvalue weighted by atomic mass is 16.5. The highest BCUT2D eigenvalue weighted by Crippen LogP contribution is 2.20. The van der Waals surface area contributed by atoms with E-state index in [0.717, 1.165) is 42.8 Å². The van der Waals surface area contributed by atoms with Crippen LogP contribution in [0.15, 0.2) is 0 Å². The van der Waals surface area contributed by atoms with Gasteiger partial charge in [0.1, 0.15) is 0 Å². The Bertz CT molecular complexity index is 512. The Balaban J connectivity index is 1.89. The minimum atomic E-state index is -0.128. The first-order valence-electron chi connectivity index (χ1n) is 8.16. The van der Waals surface area contributed by atoms with Gasteiger partial charge in [0.2, 0.25) is 0 Å². The van der Waals surface area contributed by atoms with E-state index in [1.807, 2.05) is 18.5 Å². The lowest BCUT2D eigenvalue weighted by molar-refractivity contribution is 0.0452. The number of nitrogens with zero attached hydrogens (tertiary/aromatic N) is 2. The molecule has 124 valence electrons. The van der Waals surface area contributed by atoms with Crippen LogP contribution in [0.3, 0.4) is 0 Å². The number of rotatable bonds is 5. The van der Waals surface area contributed by atoms with Crippen molar-refractivity contribution in [2.75, 3.05) is 7.11 Å².